The molecule has 1 N–H and O–H groups in total. The Morgan fingerprint density at radius 2 is 1.29 bits per heavy atom. The fourth-order valence-electron chi connectivity index (χ4n) is 5.44. The molecule has 0 bridgehead atoms. The Kier molecular flexibility index (Phi) is 17.7. The van der Waals surface area contributed by atoms with E-state index < -0.39 is 21.2 Å². The molecule has 2 rings (SSSR count). The number of amides is 1. The lowest BCUT2D eigenvalue weighted by Crippen LogP contribution is -2.25. The molecule has 0 heterocycles. The lowest BCUT2D eigenvalue weighted by molar-refractivity contribution is 0.0952. The summed E-state index contributed by atoms with van der Waals surface area (Å²) in [5.41, 5.74) is 1.92. The van der Waals surface area contributed by atoms with Crippen molar-refractivity contribution in [2.45, 2.75) is 148 Å². The minimum atomic E-state index is -1.33. The molecule has 4 heteroatoms. The van der Waals surface area contributed by atoms with Crippen molar-refractivity contribution in [3.63, 3.8) is 0 Å². The fourth-order valence-corrected chi connectivity index (χ4v) is 6.41. The zero-order valence-electron chi connectivity index (χ0n) is 22.6. The van der Waals surface area contributed by atoms with Gasteiger partial charge in [0, 0.05) is 6.54 Å². The van der Waals surface area contributed by atoms with Gasteiger partial charge in [0.2, 0.25) is 0 Å². The van der Waals surface area contributed by atoms with Crippen LogP contribution in [0.1, 0.15) is 164 Å². The van der Waals surface area contributed by atoms with Gasteiger partial charge in [0.15, 0.2) is 21.2 Å². The van der Waals surface area contributed by atoms with E-state index in [-0.39, 0.29) is 5.91 Å². The third kappa shape index (κ3) is 13.4. The number of benzene rings is 1. The van der Waals surface area contributed by atoms with E-state index >= 15 is 0 Å². The Balaban J connectivity index is 1.48. The normalized spacial score (nSPS) is 14.3. The van der Waals surface area contributed by atoms with Crippen molar-refractivity contribution in [1.29, 1.82) is 0 Å². The molecule has 1 aromatic carbocycles. The second-order valence-corrected chi connectivity index (χ2v) is 12.3. The number of hydrogen-bond donors (Lipinski definition) is 1. The van der Waals surface area contributed by atoms with Crippen LogP contribution >= 0.6 is 21.2 Å². The van der Waals surface area contributed by atoms with Crippen LogP contribution in [0.2, 0.25) is 0 Å². The summed E-state index contributed by atoms with van der Waals surface area (Å²) < 4.78 is 12.5. The Bertz CT molecular complexity index is 699. The highest BCUT2D eigenvalue weighted by Gasteiger charge is 2.19. The minimum Gasteiger partial charge on any atom is -0.352 e. The molecule has 0 spiro atoms. The number of rotatable bonds is 20. The van der Waals surface area contributed by atoms with Crippen LogP contribution in [-0.2, 0) is 3.07 Å². The van der Waals surface area contributed by atoms with Gasteiger partial charge in [-0.05, 0) is 42.9 Å². The summed E-state index contributed by atoms with van der Waals surface area (Å²) in [7, 11) is 0. The molecule has 1 saturated carbocycles. The van der Waals surface area contributed by atoms with Gasteiger partial charge in [-0.25, -0.2) is 0 Å². The Labute approximate surface area is 226 Å². The van der Waals surface area contributed by atoms with Crippen LogP contribution in [0.5, 0.6) is 0 Å². The Morgan fingerprint density at radius 3 is 1.80 bits per heavy atom. The van der Waals surface area contributed by atoms with E-state index in [0.717, 1.165) is 16.5 Å². The first-order valence-corrected chi connectivity index (χ1v) is 16.9. The van der Waals surface area contributed by atoms with Crippen molar-refractivity contribution in [1.82, 2.24) is 5.32 Å². The zero-order valence-corrected chi connectivity index (χ0v) is 24.7. The first kappa shape index (κ1) is 30.4. The van der Waals surface area contributed by atoms with Crippen LogP contribution in [0.25, 0.3) is 0 Å². The highest BCUT2D eigenvalue weighted by molar-refractivity contribution is 14.1. The average molecular weight is 598 g/mol. The van der Waals surface area contributed by atoms with Crippen LogP contribution < -0.4 is 5.32 Å². The third-order valence-electron chi connectivity index (χ3n) is 7.71. The number of unbranched alkanes of at least 4 members (excludes halogenated alkanes) is 15. The SMILES string of the molecule is CCCCCCCCCCCCCCCCCCNC(=O)c1cc(C2CCCCC2)ccc1I=O. The topological polar surface area (TPSA) is 46.2 Å². The maximum absolute atomic E-state index is 12.8. The van der Waals surface area contributed by atoms with E-state index in [0.29, 0.717) is 11.5 Å². The van der Waals surface area contributed by atoms with Gasteiger partial charge in [-0.1, -0.05) is 129 Å². The molecule has 0 atom stereocenters. The summed E-state index contributed by atoms with van der Waals surface area (Å²) in [4.78, 5) is 12.8. The number of carbonyl (C=O) groups excluding carboxylic acids is 1. The smallest absolute Gasteiger partial charge is 0.252 e. The summed E-state index contributed by atoms with van der Waals surface area (Å²) in [5, 5.41) is 3.09. The molecule has 0 radical (unpaired) electrons. The molecule has 0 saturated heterocycles. The molecular formula is C31H52INO2. The van der Waals surface area contributed by atoms with Gasteiger partial charge in [-0.3, -0.25) is 7.86 Å². The van der Waals surface area contributed by atoms with Crippen LogP contribution in [-0.4, -0.2) is 12.5 Å². The van der Waals surface area contributed by atoms with Gasteiger partial charge in [0.1, 0.15) is 0 Å². The lowest BCUT2D eigenvalue weighted by Gasteiger charge is -2.22. The maximum Gasteiger partial charge on any atom is 0.252 e. The standard InChI is InChI=1S/C31H52INO2/c1-2-3-4-5-6-7-8-9-10-11-12-13-14-15-16-20-25-33-31(34)29-26-28(23-24-30(29)32-35)27-21-18-17-19-22-27/h23-24,26-27H,2-22,25H2,1H3,(H,33,34). The lowest BCUT2D eigenvalue weighted by atomic mass is 9.83. The second-order valence-electron chi connectivity index (χ2n) is 10.7. The minimum absolute atomic E-state index is 0.0332. The fraction of sp³-hybridized carbons (Fsp3) is 0.774. The summed E-state index contributed by atoms with van der Waals surface area (Å²) in [6.45, 7) is 3.01. The highest BCUT2D eigenvalue weighted by Crippen LogP contribution is 2.34. The predicted octanol–water partition coefficient (Wildman–Crippen LogP) is 10.2. The summed E-state index contributed by atoms with van der Waals surface area (Å²) >= 11 is -1.33. The van der Waals surface area contributed by atoms with Crippen LogP contribution in [0.4, 0.5) is 0 Å². The number of carbonyl (C=O) groups is 1. The molecular weight excluding hydrogens is 545 g/mol. The zero-order chi connectivity index (χ0) is 25.0. The van der Waals surface area contributed by atoms with Crippen LogP contribution in [0.15, 0.2) is 18.2 Å². The van der Waals surface area contributed by atoms with Crippen molar-refractivity contribution < 1.29 is 7.86 Å². The van der Waals surface area contributed by atoms with Gasteiger partial charge in [-0.2, -0.15) is 0 Å². The van der Waals surface area contributed by atoms with Gasteiger partial charge in [0.05, 0.1) is 9.13 Å². The van der Waals surface area contributed by atoms with E-state index in [4.69, 9.17) is 0 Å². The third-order valence-corrected chi connectivity index (χ3v) is 9.13. The monoisotopic (exact) mass is 597 g/mol. The van der Waals surface area contributed by atoms with Gasteiger partial charge in [-0.15, -0.1) is 0 Å². The summed E-state index contributed by atoms with van der Waals surface area (Å²) in [5.74, 6) is 0.531. The second kappa shape index (κ2) is 20.3. The van der Waals surface area contributed by atoms with E-state index in [1.165, 1.54) is 134 Å². The molecule has 1 fully saturated rings. The van der Waals surface area contributed by atoms with Crippen LogP contribution in [0.3, 0.4) is 0 Å². The molecule has 200 valence electrons. The number of halogens is 1. The molecule has 1 amide bonds. The summed E-state index contributed by atoms with van der Waals surface area (Å²) in [6, 6.07) is 6.08. The first-order valence-electron chi connectivity index (χ1n) is 15.0. The van der Waals surface area contributed by atoms with Gasteiger partial charge < -0.3 is 5.32 Å². The first-order chi connectivity index (χ1) is 17.3. The summed E-state index contributed by atoms with van der Waals surface area (Å²) in [6.07, 6.45) is 28.0. The molecule has 3 nitrogen and oxygen atoms in total. The van der Waals surface area contributed by atoms with Gasteiger partial charge in [0.25, 0.3) is 5.91 Å². The van der Waals surface area contributed by atoms with Crippen molar-refractivity contribution in [2.24, 2.45) is 0 Å². The molecule has 1 aliphatic rings. The quantitative estimate of drug-likeness (QED) is 0.120. The highest BCUT2D eigenvalue weighted by atomic mass is 127. The van der Waals surface area contributed by atoms with Crippen molar-refractivity contribution in [3.8, 4) is 0 Å². The Hall–Kier alpha value is -0.780. The molecule has 0 aromatic heterocycles. The average Bonchev–Trinajstić information content (AvgIpc) is 2.90. The van der Waals surface area contributed by atoms with E-state index in [9.17, 15) is 7.86 Å². The van der Waals surface area contributed by atoms with Crippen molar-refractivity contribution >= 4 is 27.1 Å². The molecule has 1 aromatic rings. The van der Waals surface area contributed by atoms with Gasteiger partial charge >= 0.3 is 0 Å². The molecule has 35 heavy (non-hydrogen) atoms. The van der Waals surface area contributed by atoms with Crippen molar-refractivity contribution in [2.75, 3.05) is 6.54 Å². The van der Waals surface area contributed by atoms with E-state index in [1.54, 1.807) is 0 Å². The maximum atomic E-state index is 12.8. The predicted molar refractivity (Wildman–Crippen MR) is 158 cm³/mol. The van der Waals surface area contributed by atoms with E-state index in [2.05, 4.69) is 18.3 Å². The largest absolute Gasteiger partial charge is 0.352 e. The molecule has 0 unspecified atom stereocenters. The Morgan fingerprint density at radius 1 is 0.771 bits per heavy atom. The number of nitrogens with one attached hydrogen (secondary N) is 1. The van der Waals surface area contributed by atoms with Crippen molar-refractivity contribution in [3.05, 3.63) is 32.9 Å². The number of hydrogen-bond acceptors (Lipinski definition) is 2. The van der Waals surface area contributed by atoms with Crippen LogP contribution in [0, 0.1) is 3.57 Å². The molecule has 1 aliphatic carbocycles. The molecule has 0 aliphatic heterocycles. The van der Waals surface area contributed by atoms with E-state index in [1.807, 2.05) is 12.1 Å².